The van der Waals surface area contributed by atoms with Gasteiger partial charge in [-0.25, -0.2) is 13.1 Å². The van der Waals surface area contributed by atoms with Crippen molar-refractivity contribution in [2.75, 3.05) is 13.1 Å². The quantitative estimate of drug-likeness (QED) is 0.767. The Morgan fingerprint density at radius 2 is 1.89 bits per heavy atom. The third-order valence-corrected chi connectivity index (χ3v) is 3.89. The van der Waals surface area contributed by atoms with E-state index in [2.05, 4.69) is 4.72 Å². The zero-order chi connectivity index (χ0) is 13.6. The van der Waals surface area contributed by atoms with Gasteiger partial charge in [0.15, 0.2) is 0 Å². The Balaban J connectivity index is 2.76. The van der Waals surface area contributed by atoms with Crippen LogP contribution in [0.2, 0.25) is 0 Å². The number of hydrogen-bond acceptors (Lipinski definition) is 3. The molecule has 0 bridgehead atoms. The van der Waals surface area contributed by atoms with Crippen LogP contribution in [0.25, 0.3) is 0 Å². The maximum Gasteiger partial charge on any atom is 0.240 e. The number of rotatable bonds is 6. The Hall–Kier alpha value is -1.17. The highest BCUT2D eigenvalue weighted by Gasteiger charge is 2.11. The lowest BCUT2D eigenvalue weighted by Gasteiger charge is -2.06. The summed E-state index contributed by atoms with van der Waals surface area (Å²) in [7, 11) is -3.41. The largest absolute Gasteiger partial charge is 0.330 e. The molecule has 0 aliphatic rings. The maximum absolute atomic E-state index is 11.9. The maximum atomic E-state index is 11.9. The van der Waals surface area contributed by atoms with Crippen LogP contribution in [0.3, 0.4) is 0 Å². The second-order valence-corrected chi connectivity index (χ2v) is 6.08. The van der Waals surface area contributed by atoms with Gasteiger partial charge >= 0.3 is 0 Å². The molecule has 18 heavy (non-hydrogen) atoms. The van der Waals surface area contributed by atoms with E-state index in [4.69, 9.17) is 5.73 Å². The van der Waals surface area contributed by atoms with Crippen molar-refractivity contribution < 1.29 is 8.42 Å². The first-order chi connectivity index (χ1) is 8.45. The smallest absolute Gasteiger partial charge is 0.240 e. The molecule has 0 unspecified atom stereocenters. The number of nitrogens with two attached hydrogens (primary N) is 1. The lowest BCUT2D eigenvalue weighted by Crippen LogP contribution is -2.23. The standard InChI is InChI=1S/C13H20N2O2S/c1-11(2)8-10-15-18(16,17)13-5-3-12(4-6-13)7-9-14/h3-6,8,15H,7,9-10,14H2,1-2H3. The van der Waals surface area contributed by atoms with Crippen LogP contribution < -0.4 is 10.5 Å². The summed E-state index contributed by atoms with van der Waals surface area (Å²) in [6.45, 7) is 4.73. The van der Waals surface area contributed by atoms with Crippen molar-refractivity contribution in [2.45, 2.75) is 25.2 Å². The number of sulfonamides is 1. The van der Waals surface area contributed by atoms with Crippen LogP contribution in [-0.4, -0.2) is 21.5 Å². The molecule has 0 amide bonds. The predicted octanol–water partition coefficient (Wildman–Crippen LogP) is 1.43. The summed E-state index contributed by atoms with van der Waals surface area (Å²) < 4.78 is 26.4. The molecule has 0 atom stereocenters. The van der Waals surface area contributed by atoms with E-state index in [1.54, 1.807) is 24.3 Å². The molecule has 0 aliphatic carbocycles. The Morgan fingerprint density at radius 1 is 1.28 bits per heavy atom. The molecule has 0 radical (unpaired) electrons. The summed E-state index contributed by atoms with van der Waals surface area (Å²) in [5.74, 6) is 0. The van der Waals surface area contributed by atoms with Gasteiger partial charge in [-0.1, -0.05) is 23.8 Å². The van der Waals surface area contributed by atoms with Crippen molar-refractivity contribution in [3.8, 4) is 0 Å². The lowest BCUT2D eigenvalue weighted by atomic mass is 10.2. The van der Waals surface area contributed by atoms with Crippen LogP contribution in [0, 0.1) is 0 Å². The summed E-state index contributed by atoms with van der Waals surface area (Å²) in [6.07, 6.45) is 2.59. The van der Waals surface area contributed by atoms with E-state index < -0.39 is 10.0 Å². The molecular formula is C13H20N2O2S. The van der Waals surface area contributed by atoms with Crippen LogP contribution in [0.5, 0.6) is 0 Å². The van der Waals surface area contributed by atoms with Crippen LogP contribution in [0.1, 0.15) is 19.4 Å². The van der Waals surface area contributed by atoms with E-state index in [1.807, 2.05) is 19.9 Å². The minimum atomic E-state index is -3.41. The van der Waals surface area contributed by atoms with Crippen molar-refractivity contribution in [3.05, 3.63) is 41.5 Å². The van der Waals surface area contributed by atoms with Gasteiger partial charge in [-0.3, -0.25) is 0 Å². The number of benzene rings is 1. The van der Waals surface area contributed by atoms with Crippen molar-refractivity contribution in [1.82, 2.24) is 4.72 Å². The van der Waals surface area contributed by atoms with Gasteiger partial charge in [-0.05, 0) is 44.5 Å². The van der Waals surface area contributed by atoms with Crippen molar-refractivity contribution in [2.24, 2.45) is 5.73 Å². The van der Waals surface area contributed by atoms with E-state index in [1.165, 1.54) is 0 Å². The first-order valence-corrected chi connectivity index (χ1v) is 7.36. The van der Waals surface area contributed by atoms with Gasteiger partial charge in [0.05, 0.1) is 4.90 Å². The van der Waals surface area contributed by atoms with Gasteiger partial charge in [0.2, 0.25) is 10.0 Å². The lowest BCUT2D eigenvalue weighted by molar-refractivity contribution is 0.585. The SMILES string of the molecule is CC(C)=CCNS(=O)(=O)c1ccc(CCN)cc1. The minimum Gasteiger partial charge on any atom is -0.330 e. The fourth-order valence-electron chi connectivity index (χ4n) is 1.44. The van der Waals surface area contributed by atoms with Crippen LogP contribution in [0.15, 0.2) is 40.8 Å². The normalized spacial score (nSPS) is 11.3. The monoisotopic (exact) mass is 268 g/mol. The van der Waals surface area contributed by atoms with Gasteiger partial charge < -0.3 is 5.73 Å². The summed E-state index contributed by atoms with van der Waals surface area (Å²) >= 11 is 0. The Kier molecular flexibility index (Phi) is 5.53. The summed E-state index contributed by atoms with van der Waals surface area (Å²) in [6, 6.07) is 6.80. The van der Waals surface area contributed by atoms with Crippen LogP contribution >= 0.6 is 0 Å². The number of allylic oxidation sites excluding steroid dienone is 1. The number of hydrogen-bond donors (Lipinski definition) is 2. The highest BCUT2D eigenvalue weighted by atomic mass is 32.2. The molecule has 0 heterocycles. The summed E-state index contributed by atoms with van der Waals surface area (Å²) in [5, 5.41) is 0. The fourth-order valence-corrected chi connectivity index (χ4v) is 2.40. The zero-order valence-corrected chi connectivity index (χ0v) is 11.6. The van der Waals surface area contributed by atoms with Gasteiger partial charge in [0, 0.05) is 6.54 Å². The molecule has 0 aliphatic heterocycles. The van der Waals surface area contributed by atoms with Crippen molar-refractivity contribution in [1.29, 1.82) is 0 Å². The second kappa shape index (κ2) is 6.68. The fraction of sp³-hybridized carbons (Fsp3) is 0.385. The van der Waals surface area contributed by atoms with E-state index in [0.717, 1.165) is 17.6 Å². The molecule has 1 aromatic carbocycles. The molecular weight excluding hydrogens is 248 g/mol. The van der Waals surface area contributed by atoms with E-state index >= 15 is 0 Å². The molecule has 0 saturated heterocycles. The Bertz CT molecular complexity index is 500. The molecule has 1 rings (SSSR count). The molecule has 3 N–H and O–H groups in total. The van der Waals surface area contributed by atoms with Crippen molar-refractivity contribution >= 4 is 10.0 Å². The molecule has 4 nitrogen and oxygen atoms in total. The van der Waals surface area contributed by atoms with E-state index in [9.17, 15) is 8.42 Å². The third-order valence-electron chi connectivity index (χ3n) is 2.45. The second-order valence-electron chi connectivity index (χ2n) is 4.32. The molecule has 0 saturated carbocycles. The first kappa shape index (κ1) is 14.9. The van der Waals surface area contributed by atoms with E-state index in [-0.39, 0.29) is 4.90 Å². The summed E-state index contributed by atoms with van der Waals surface area (Å²) in [5.41, 5.74) is 7.56. The van der Waals surface area contributed by atoms with Gasteiger partial charge in [0.25, 0.3) is 0 Å². The van der Waals surface area contributed by atoms with E-state index in [0.29, 0.717) is 13.1 Å². The molecule has 100 valence electrons. The third kappa shape index (κ3) is 4.60. The number of nitrogens with one attached hydrogen (secondary N) is 1. The highest BCUT2D eigenvalue weighted by Crippen LogP contribution is 2.10. The summed E-state index contributed by atoms with van der Waals surface area (Å²) in [4.78, 5) is 0.283. The highest BCUT2D eigenvalue weighted by molar-refractivity contribution is 7.89. The Labute approximate surface area is 109 Å². The predicted molar refractivity (Wildman–Crippen MR) is 73.8 cm³/mol. The van der Waals surface area contributed by atoms with Crippen LogP contribution in [0.4, 0.5) is 0 Å². The zero-order valence-electron chi connectivity index (χ0n) is 10.8. The van der Waals surface area contributed by atoms with Crippen LogP contribution in [-0.2, 0) is 16.4 Å². The molecule has 0 fully saturated rings. The molecule has 0 aromatic heterocycles. The average molecular weight is 268 g/mol. The van der Waals surface area contributed by atoms with Gasteiger partial charge in [-0.15, -0.1) is 0 Å². The molecule has 5 heteroatoms. The Morgan fingerprint density at radius 3 is 2.39 bits per heavy atom. The van der Waals surface area contributed by atoms with Crippen molar-refractivity contribution in [3.63, 3.8) is 0 Å². The minimum absolute atomic E-state index is 0.283. The average Bonchev–Trinajstić information content (AvgIpc) is 2.29. The van der Waals surface area contributed by atoms with Gasteiger partial charge in [-0.2, -0.15) is 0 Å². The molecule has 0 spiro atoms. The topological polar surface area (TPSA) is 72.2 Å². The molecule has 1 aromatic rings. The van der Waals surface area contributed by atoms with Gasteiger partial charge in [0.1, 0.15) is 0 Å². The first-order valence-electron chi connectivity index (χ1n) is 5.88.